The van der Waals surface area contributed by atoms with Gasteiger partial charge < -0.3 is 0 Å². The zero-order valence-electron chi connectivity index (χ0n) is 15.9. The largest absolute Gasteiger partial charge is 0.279 e. The van der Waals surface area contributed by atoms with Crippen molar-refractivity contribution in [1.29, 1.82) is 0 Å². The van der Waals surface area contributed by atoms with Crippen molar-refractivity contribution in [3.05, 3.63) is 136 Å². The van der Waals surface area contributed by atoms with Crippen molar-refractivity contribution in [1.82, 2.24) is 0 Å². The third-order valence-corrected chi connectivity index (χ3v) is 6.15. The third kappa shape index (κ3) is 2.53. The quantitative estimate of drug-likeness (QED) is 0.294. The number of anilines is 1. The Labute approximate surface area is 170 Å². The van der Waals surface area contributed by atoms with E-state index in [4.69, 9.17) is 0 Å². The molecule has 0 aromatic heterocycles. The highest BCUT2D eigenvalue weighted by molar-refractivity contribution is 5.82. The summed E-state index contributed by atoms with van der Waals surface area (Å²) in [6.45, 7) is 0. The van der Waals surface area contributed by atoms with Crippen LogP contribution in [0.4, 0.5) is 5.69 Å². The third-order valence-electron chi connectivity index (χ3n) is 6.15. The Morgan fingerprint density at radius 3 is 1.69 bits per heavy atom. The van der Waals surface area contributed by atoms with E-state index in [1.807, 2.05) is 36.5 Å². The van der Waals surface area contributed by atoms with E-state index >= 15 is 0 Å². The predicted octanol–water partition coefficient (Wildman–Crippen LogP) is 6.12. The minimum Gasteiger partial charge on any atom is -0.279 e. The number of hydrazone groups is 1. The van der Waals surface area contributed by atoms with Crippen LogP contribution >= 0.6 is 0 Å². The second kappa shape index (κ2) is 6.46. The van der Waals surface area contributed by atoms with Crippen molar-refractivity contribution in [2.45, 2.75) is 11.8 Å². The minimum absolute atomic E-state index is 0.304. The lowest BCUT2D eigenvalue weighted by molar-refractivity contribution is 0.754. The minimum atomic E-state index is 0.304. The summed E-state index contributed by atoms with van der Waals surface area (Å²) in [6.07, 6.45) is 1.91. The molecule has 2 heteroatoms. The van der Waals surface area contributed by atoms with Crippen LogP contribution in [0.3, 0.4) is 0 Å². The molecule has 0 aliphatic heterocycles. The Kier molecular flexibility index (Phi) is 3.63. The van der Waals surface area contributed by atoms with E-state index in [2.05, 4.69) is 77.3 Å². The van der Waals surface area contributed by atoms with Crippen LogP contribution in [0.2, 0.25) is 0 Å². The highest BCUT2D eigenvalue weighted by Gasteiger charge is 2.40. The van der Waals surface area contributed by atoms with Gasteiger partial charge in [-0.05, 0) is 57.1 Å². The number of para-hydroxylation sites is 1. The molecule has 4 aromatic carbocycles. The summed E-state index contributed by atoms with van der Waals surface area (Å²) in [5.74, 6) is 0.633. The van der Waals surface area contributed by atoms with E-state index in [1.54, 1.807) is 0 Å². The fraction of sp³-hybridized carbons (Fsp3) is 0.0741. The van der Waals surface area contributed by atoms with Gasteiger partial charge in [0.25, 0.3) is 0 Å². The average Bonchev–Trinajstić information content (AvgIpc) is 2.79. The van der Waals surface area contributed by atoms with E-state index in [9.17, 15) is 0 Å². The van der Waals surface area contributed by atoms with Gasteiger partial charge in [-0.3, -0.25) is 5.43 Å². The Morgan fingerprint density at radius 2 is 1.07 bits per heavy atom. The topological polar surface area (TPSA) is 24.4 Å². The normalized spacial score (nSPS) is 18.2. The van der Waals surface area contributed by atoms with Gasteiger partial charge in [-0.25, -0.2) is 0 Å². The molecule has 4 aromatic rings. The van der Waals surface area contributed by atoms with Gasteiger partial charge in [-0.1, -0.05) is 78.9 Å². The molecule has 0 unspecified atom stereocenters. The molecule has 3 aliphatic rings. The molecule has 0 fully saturated rings. The second-order valence-electron chi connectivity index (χ2n) is 7.75. The first kappa shape index (κ1) is 16.3. The van der Waals surface area contributed by atoms with Crippen LogP contribution in [-0.2, 0) is 0 Å². The zero-order chi connectivity index (χ0) is 19.2. The van der Waals surface area contributed by atoms with E-state index in [1.165, 1.54) is 33.4 Å². The van der Waals surface area contributed by atoms with Crippen LogP contribution in [0.25, 0.3) is 0 Å². The molecule has 29 heavy (non-hydrogen) atoms. The van der Waals surface area contributed by atoms with Gasteiger partial charge in [0.1, 0.15) is 0 Å². The van der Waals surface area contributed by atoms with Gasteiger partial charge in [0.2, 0.25) is 0 Å². The summed E-state index contributed by atoms with van der Waals surface area (Å²) in [5, 5.41) is 4.44. The van der Waals surface area contributed by atoms with Crippen LogP contribution in [0.5, 0.6) is 0 Å². The molecule has 0 spiro atoms. The first-order valence-electron chi connectivity index (χ1n) is 10.1. The van der Waals surface area contributed by atoms with Crippen molar-refractivity contribution in [3.63, 3.8) is 0 Å². The maximum Gasteiger partial charge on any atom is 0.0561 e. The fourth-order valence-corrected chi connectivity index (χ4v) is 4.96. The molecular weight excluding hydrogens is 352 g/mol. The summed E-state index contributed by atoms with van der Waals surface area (Å²) in [6, 6.07) is 34.7. The standard InChI is InChI=1S/C27H20N2/c1-2-8-19(9-3-1)29-28-17-18-14-15-24-25(16-18)27-22-12-6-4-10-20(22)26(24)21-11-5-7-13-23(21)27/h1-17,26-27,29H. The van der Waals surface area contributed by atoms with Crippen LogP contribution in [0.15, 0.2) is 102 Å². The smallest absolute Gasteiger partial charge is 0.0561 e. The van der Waals surface area contributed by atoms with E-state index in [0.717, 1.165) is 11.3 Å². The van der Waals surface area contributed by atoms with Gasteiger partial charge in [0.15, 0.2) is 0 Å². The summed E-state index contributed by atoms with van der Waals surface area (Å²) < 4.78 is 0. The van der Waals surface area contributed by atoms with Crippen molar-refractivity contribution in [2.75, 3.05) is 5.43 Å². The van der Waals surface area contributed by atoms with E-state index < -0.39 is 0 Å². The fourth-order valence-electron chi connectivity index (χ4n) is 4.96. The maximum atomic E-state index is 4.44. The Bertz CT molecular complexity index is 1190. The molecule has 0 amide bonds. The molecule has 1 N–H and O–H groups in total. The monoisotopic (exact) mass is 372 g/mol. The molecule has 0 atom stereocenters. The van der Waals surface area contributed by atoms with Crippen molar-refractivity contribution in [2.24, 2.45) is 5.10 Å². The summed E-state index contributed by atoms with van der Waals surface area (Å²) in [7, 11) is 0. The first-order chi connectivity index (χ1) is 14.4. The van der Waals surface area contributed by atoms with Gasteiger partial charge in [0, 0.05) is 11.8 Å². The lowest BCUT2D eigenvalue weighted by atomic mass is 9.61. The lowest BCUT2D eigenvalue weighted by Gasteiger charge is -2.42. The van der Waals surface area contributed by atoms with Crippen LogP contribution in [0.1, 0.15) is 50.8 Å². The van der Waals surface area contributed by atoms with Crippen molar-refractivity contribution >= 4 is 11.9 Å². The predicted molar refractivity (Wildman–Crippen MR) is 119 cm³/mol. The molecule has 2 bridgehead atoms. The summed E-state index contributed by atoms with van der Waals surface area (Å²) >= 11 is 0. The molecule has 0 saturated carbocycles. The van der Waals surface area contributed by atoms with Crippen molar-refractivity contribution in [3.8, 4) is 0 Å². The highest BCUT2D eigenvalue weighted by atomic mass is 15.3. The highest BCUT2D eigenvalue weighted by Crippen LogP contribution is 2.55. The summed E-state index contributed by atoms with van der Waals surface area (Å²) in [4.78, 5) is 0. The number of benzene rings is 4. The van der Waals surface area contributed by atoms with E-state index in [0.29, 0.717) is 11.8 Å². The van der Waals surface area contributed by atoms with Gasteiger partial charge in [-0.2, -0.15) is 5.10 Å². The molecule has 2 nitrogen and oxygen atoms in total. The number of hydrogen-bond donors (Lipinski definition) is 1. The van der Waals surface area contributed by atoms with Gasteiger partial charge in [-0.15, -0.1) is 0 Å². The Morgan fingerprint density at radius 1 is 0.552 bits per heavy atom. The molecule has 0 radical (unpaired) electrons. The van der Waals surface area contributed by atoms with Gasteiger partial charge >= 0.3 is 0 Å². The maximum absolute atomic E-state index is 4.44. The SMILES string of the molecule is C(=NNc1ccccc1)c1ccc2c(c1)C1c3ccccc3C2c2ccccc21. The average molecular weight is 372 g/mol. The first-order valence-corrected chi connectivity index (χ1v) is 10.1. The van der Waals surface area contributed by atoms with Crippen LogP contribution in [-0.4, -0.2) is 6.21 Å². The Balaban J connectivity index is 1.42. The lowest BCUT2D eigenvalue weighted by Crippen LogP contribution is -2.27. The summed E-state index contributed by atoms with van der Waals surface area (Å²) in [5.41, 5.74) is 13.9. The molecule has 0 saturated heterocycles. The van der Waals surface area contributed by atoms with Crippen molar-refractivity contribution < 1.29 is 0 Å². The molecular formula is C27H20N2. The number of nitrogens with one attached hydrogen (secondary N) is 1. The number of rotatable bonds is 3. The van der Waals surface area contributed by atoms with Gasteiger partial charge in [0.05, 0.1) is 11.9 Å². The van der Waals surface area contributed by atoms with Crippen LogP contribution < -0.4 is 5.43 Å². The molecule has 3 aliphatic carbocycles. The number of hydrogen-bond acceptors (Lipinski definition) is 2. The second-order valence-corrected chi connectivity index (χ2v) is 7.75. The molecule has 138 valence electrons. The Hall–Kier alpha value is -3.65. The molecule has 0 heterocycles. The van der Waals surface area contributed by atoms with Crippen LogP contribution in [0, 0.1) is 0 Å². The van der Waals surface area contributed by atoms with E-state index in [-0.39, 0.29) is 0 Å². The zero-order valence-corrected chi connectivity index (χ0v) is 15.9. The number of nitrogens with zero attached hydrogens (tertiary/aromatic N) is 1. The molecule has 7 rings (SSSR count).